The van der Waals surface area contributed by atoms with Gasteiger partial charge in [0.2, 0.25) is 5.91 Å². The molecule has 1 aliphatic rings. The number of amides is 1. The van der Waals surface area contributed by atoms with Crippen LogP contribution in [0.15, 0.2) is 48.8 Å². The number of pyridine rings is 1. The summed E-state index contributed by atoms with van der Waals surface area (Å²) in [5, 5.41) is 6.01. The molecule has 2 N–H and O–H groups in total. The van der Waals surface area contributed by atoms with Gasteiger partial charge in [-0.3, -0.25) is 9.78 Å². The Morgan fingerprint density at radius 3 is 2.71 bits per heavy atom. The fraction of sp³-hybridized carbons (Fsp3) is 0.176. The number of aromatic nitrogens is 3. The predicted molar refractivity (Wildman–Crippen MR) is 92.3 cm³/mol. The molecule has 0 spiro atoms. The van der Waals surface area contributed by atoms with Gasteiger partial charge in [0, 0.05) is 13.1 Å². The van der Waals surface area contributed by atoms with Gasteiger partial charge in [0.25, 0.3) is 0 Å². The van der Waals surface area contributed by atoms with Crippen LogP contribution in [-0.2, 0) is 4.79 Å². The standard InChI is InChI=1S/C17H16N6O/c24-17-11-23(8-7-18-17)16-6-5-12(9-20-16)21-15-10-19-13-3-1-2-4-14(13)22-15/h1-6,9-10H,7-8,11H2,(H,18,24)(H,21,22). The zero-order chi connectivity index (χ0) is 16.4. The van der Waals surface area contributed by atoms with E-state index in [-0.39, 0.29) is 5.91 Å². The van der Waals surface area contributed by atoms with Gasteiger partial charge in [0.15, 0.2) is 0 Å². The van der Waals surface area contributed by atoms with Crippen LogP contribution in [0, 0.1) is 0 Å². The number of para-hydroxylation sites is 2. The number of hydrogen-bond donors (Lipinski definition) is 2. The number of benzene rings is 1. The molecule has 0 unspecified atom stereocenters. The smallest absolute Gasteiger partial charge is 0.239 e. The number of carbonyl (C=O) groups excluding carboxylic acids is 1. The second-order valence-electron chi connectivity index (χ2n) is 5.55. The van der Waals surface area contributed by atoms with E-state index in [2.05, 4.69) is 25.6 Å². The highest BCUT2D eigenvalue weighted by Crippen LogP contribution is 2.19. The van der Waals surface area contributed by atoms with Crippen LogP contribution in [0.25, 0.3) is 11.0 Å². The van der Waals surface area contributed by atoms with Crippen molar-refractivity contribution in [3.63, 3.8) is 0 Å². The first kappa shape index (κ1) is 14.4. The summed E-state index contributed by atoms with van der Waals surface area (Å²) in [6.45, 7) is 1.75. The molecule has 0 saturated carbocycles. The quantitative estimate of drug-likeness (QED) is 0.764. The molecule has 2 aromatic heterocycles. The third kappa shape index (κ3) is 2.96. The topological polar surface area (TPSA) is 83.0 Å². The van der Waals surface area contributed by atoms with Crippen molar-refractivity contribution in [2.75, 3.05) is 29.9 Å². The Kier molecular flexibility index (Phi) is 3.66. The van der Waals surface area contributed by atoms with Crippen molar-refractivity contribution in [2.45, 2.75) is 0 Å². The number of rotatable bonds is 3. The van der Waals surface area contributed by atoms with E-state index in [0.717, 1.165) is 29.1 Å². The van der Waals surface area contributed by atoms with E-state index in [1.807, 2.05) is 41.3 Å². The summed E-state index contributed by atoms with van der Waals surface area (Å²) in [4.78, 5) is 26.7. The minimum Gasteiger partial charge on any atom is -0.353 e. The summed E-state index contributed by atoms with van der Waals surface area (Å²) < 4.78 is 0. The number of nitrogens with one attached hydrogen (secondary N) is 2. The molecule has 7 nitrogen and oxygen atoms in total. The van der Waals surface area contributed by atoms with Crippen molar-refractivity contribution in [2.24, 2.45) is 0 Å². The molecule has 0 bridgehead atoms. The maximum Gasteiger partial charge on any atom is 0.239 e. The fourth-order valence-corrected chi connectivity index (χ4v) is 2.65. The van der Waals surface area contributed by atoms with Gasteiger partial charge in [-0.1, -0.05) is 12.1 Å². The van der Waals surface area contributed by atoms with E-state index in [0.29, 0.717) is 18.9 Å². The van der Waals surface area contributed by atoms with Crippen molar-refractivity contribution in [1.29, 1.82) is 0 Å². The Morgan fingerprint density at radius 1 is 1.04 bits per heavy atom. The van der Waals surface area contributed by atoms with Crippen LogP contribution in [0.5, 0.6) is 0 Å². The first-order valence-electron chi connectivity index (χ1n) is 7.74. The molecule has 1 amide bonds. The van der Waals surface area contributed by atoms with E-state index >= 15 is 0 Å². The van der Waals surface area contributed by atoms with Gasteiger partial charge in [-0.05, 0) is 24.3 Å². The monoisotopic (exact) mass is 320 g/mol. The van der Waals surface area contributed by atoms with Gasteiger partial charge in [-0.25, -0.2) is 9.97 Å². The van der Waals surface area contributed by atoms with Crippen molar-refractivity contribution in [1.82, 2.24) is 20.3 Å². The molecule has 3 heterocycles. The van der Waals surface area contributed by atoms with Crippen LogP contribution in [0.2, 0.25) is 0 Å². The van der Waals surface area contributed by atoms with Gasteiger partial charge in [0.1, 0.15) is 11.6 Å². The molecule has 0 atom stereocenters. The molecule has 3 aromatic rings. The van der Waals surface area contributed by atoms with E-state index in [1.165, 1.54) is 0 Å². The second kappa shape index (κ2) is 6.11. The largest absolute Gasteiger partial charge is 0.353 e. The average molecular weight is 320 g/mol. The summed E-state index contributed by atoms with van der Waals surface area (Å²) in [7, 11) is 0. The maximum atomic E-state index is 11.5. The lowest BCUT2D eigenvalue weighted by Crippen LogP contribution is -2.48. The number of anilines is 3. The highest BCUT2D eigenvalue weighted by molar-refractivity contribution is 5.82. The molecule has 1 aliphatic heterocycles. The number of hydrogen-bond acceptors (Lipinski definition) is 6. The molecular weight excluding hydrogens is 304 g/mol. The lowest BCUT2D eigenvalue weighted by Gasteiger charge is -2.27. The molecule has 1 aromatic carbocycles. The Bertz CT molecular complexity index is 880. The minimum absolute atomic E-state index is 0.0247. The zero-order valence-electron chi connectivity index (χ0n) is 12.9. The summed E-state index contributed by atoms with van der Waals surface area (Å²) in [6.07, 6.45) is 3.43. The SMILES string of the molecule is O=C1CN(c2ccc(Nc3cnc4ccccc4n3)cn2)CCN1. The van der Waals surface area contributed by atoms with Crippen LogP contribution in [0.3, 0.4) is 0 Å². The first-order valence-corrected chi connectivity index (χ1v) is 7.74. The van der Waals surface area contributed by atoms with Crippen LogP contribution >= 0.6 is 0 Å². The summed E-state index contributed by atoms with van der Waals surface area (Å²) in [5.41, 5.74) is 2.52. The van der Waals surface area contributed by atoms with Gasteiger partial charge < -0.3 is 15.5 Å². The van der Waals surface area contributed by atoms with E-state index in [4.69, 9.17) is 0 Å². The molecular formula is C17H16N6O. The van der Waals surface area contributed by atoms with Gasteiger partial charge in [-0.2, -0.15) is 0 Å². The normalized spacial score (nSPS) is 14.5. The van der Waals surface area contributed by atoms with Crippen LogP contribution in [-0.4, -0.2) is 40.5 Å². The highest BCUT2D eigenvalue weighted by Gasteiger charge is 2.17. The molecule has 0 aliphatic carbocycles. The molecule has 4 rings (SSSR count). The highest BCUT2D eigenvalue weighted by atomic mass is 16.2. The number of fused-ring (bicyclic) bond motifs is 1. The molecule has 24 heavy (non-hydrogen) atoms. The Labute approximate surface area is 138 Å². The van der Waals surface area contributed by atoms with Crippen molar-refractivity contribution in [3.8, 4) is 0 Å². The zero-order valence-corrected chi connectivity index (χ0v) is 12.9. The number of nitrogens with zero attached hydrogens (tertiary/aromatic N) is 4. The average Bonchev–Trinajstić information content (AvgIpc) is 2.62. The van der Waals surface area contributed by atoms with E-state index in [1.54, 1.807) is 12.4 Å². The summed E-state index contributed by atoms with van der Waals surface area (Å²) in [6, 6.07) is 11.5. The van der Waals surface area contributed by atoms with E-state index in [9.17, 15) is 4.79 Å². The third-order valence-electron chi connectivity index (χ3n) is 3.83. The number of carbonyl (C=O) groups is 1. The number of piperazine rings is 1. The minimum atomic E-state index is 0.0247. The fourth-order valence-electron chi connectivity index (χ4n) is 2.65. The van der Waals surface area contributed by atoms with Crippen molar-refractivity contribution >= 4 is 34.3 Å². The molecule has 0 radical (unpaired) electrons. The predicted octanol–water partition coefficient (Wildman–Crippen LogP) is 1.70. The molecule has 1 fully saturated rings. The van der Waals surface area contributed by atoms with E-state index < -0.39 is 0 Å². The lowest BCUT2D eigenvalue weighted by atomic mass is 10.3. The van der Waals surface area contributed by atoms with Gasteiger partial charge >= 0.3 is 0 Å². The molecule has 120 valence electrons. The Balaban J connectivity index is 1.51. The van der Waals surface area contributed by atoms with Crippen LogP contribution in [0.4, 0.5) is 17.3 Å². The van der Waals surface area contributed by atoms with Crippen LogP contribution in [0.1, 0.15) is 0 Å². The summed E-state index contributed by atoms with van der Waals surface area (Å²) >= 11 is 0. The van der Waals surface area contributed by atoms with Crippen molar-refractivity contribution < 1.29 is 4.79 Å². The van der Waals surface area contributed by atoms with Gasteiger partial charge in [0.05, 0.1) is 35.7 Å². The van der Waals surface area contributed by atoms with Crippen LogP contribution < -0.4 is 15.5 Å². The lowest BCUT2D eigenvalue weighted by molar-refractivity contribution is -0.120. The summed E-state index contributed by atoms with van der Waals surface area (Å²) in [5.74, 6) is 1.48. The van der Waals surface area contributed by atoms with Crippen molar-refractivity contribution in [3.05, 3.63) is 48.8 Å². The molecule has 7 heteroatoms. The maximum absolute atomic E-state index is 11.5. The second-order valence-corrected chi connectivity index (χ2v) is 5.55. The third-order valence-corrected chi connectivity index (χ3v) is 3.83. The Morgan fingerprint density at radius 2 is 1.92 bits per heavy atom. The molecule has 1 saturated heterocycles. The first-order chi connectivity index (χ1) is 11.8. The Hall–Kier alpha value is -3.22. The van der Waals surface area contributed by atoms with Gasteiger partial charge in [-0.15, -0.1) is 0 Å².